The fourth-order valence-electron chi connectivity index (χ4n) is 5.29. The van der Waals surface area contributed by atoms with Gasteiger partial charge in [0, 0.05) is 54.3 Å². The molecule has 0 spiro atoms. The molecule has 8 nitrogen and oxygen atoms in total. The number of hydrogen-bond donors (Lipinski definition) is 4. The molecule has 3 aromatic rings. The third-order valence-corrected chi connectivity index (χ3v) is 7.50. The quantitative estimate of drug-likeness (QED) is 0.258. The Hall–Kier alpha value is -2.73. The highest BCUT2D eigenvalue weighted by Gasteiger charge is 2.38. The summed E-state index contributed by atoms with van der Waals surface area (Å²) < 4.78 is 40.5. The first-order valence-electron chi connectivity index (χ1n) is 12.9. The van der Waals surface area contributed by atoms with Crippen molar-refractivity contribution < 1.29 is 13.2 Å². The van der Waals surface area contributed by atoms with Gasteiger partial charge in [0.1, 0.15) is 5.82 Å². The van der Waals surface area contributed by atoms with Crippen molar-refractivity contribution >= 4 is 45.9 Å². The first-order chi connectivity index (χ1) is 18.6. The molecule has 2 unspecified atom stereocenters. The van der Waals surface area contributed by atoms with Crippen molar-refractivity contribution in [1.29, 1.82) is 0 Å². The number of anilines is 1. The predicted octanol–water partition coefficient (Wildman–Crippen LogP) is 4.57. The molecule has 212 valence electrons. The Labute approximate surface area is 235 Å². The summed E-state index contributed by atoms with van der Waals surface area (Å²) in [5.74, 6) is 0.249. The van der Waals surface area contributed by atoms with Crippen LogP contribution in [0.5, 0.6) is 0 Å². The minimum Gasteiger partial charge on any atom is -0.370 e. The number of nitrogens with zero attached hydrogens (tertiary/aromatic N) is 4. The fourth-order valence-corrected chi connectivity index (χ4v) is 5.68. The van der Waals surface area contributed by atoms with E-state index in [2.05, 4.69) is 25.2 Å². The number of rotatable bonds is 5. The van der Waals surface area contributed by atoms with Crippen LogP contribution in [0.3, 0.4) is 0 Å². The second-order valence-corrected chi connectivity index (χ2v) is 10.1. The lowest BCUT2D eigenvalue weighted by Gasteiger charge is -2.43. The van der Waals surface area contributed by atoms with Crippen LogP contribution in [0.15, 0.2) is 35.3 Å². The van der Waals surface area contributed by atoms with Crippen LogP contribution in [-0.2, 0) is 12.6 Å². The summed E-state index contributed by atoms with van der Waals surface area (Å²) in [5, 5.41) is 4.68. The first kappa shape index (κ1) is 29.3. The number of hydrogen-bond acceptors (Lipinski definition) is 5. The number of fused-ring (bicyclic) bond motifs is 3. The van der Waals surface area contributed by atoms with E-state index >= 15 is 0 Å². The van der Waals surface area contributed by atoms with Crippen molar-refractivity contribution in [2.75, 3.05) is 44.2 Å². The first-order valence-corrected chi connectivity index (χ1v) is 13.7. The minimum absolute atomic E-state index is 0.00256. The highest BCUT2D eigenvalue weighted by molar-refractivity contribution is 6.31. The van der Waals surface area contributed by atoms with Crippen LogP contribution in [0.2, 0.25) is 10.0 Å². The number of alkyl halides is 3. The molecule has 0 amide bonds. The van der Waals surface area contributed by atoms with Crippen molar-refractivity contribution in [3.8, 4) is 0 Å². The summed E-state index contributed by atoms with van der Waals surface area (Å²) >= 11 is 12.1. The smallest absolute Gasteiger partial charge is 0.370 e. The van der Waals surface area contributed by atoms with E-state index in [1.165, 1.54) is 11.6 Å². The van der Waals surface area contributed by atoms with Crippen LogP contribution in [0, 0.1) is 0 Å². The van der Waals surface area contributed by atoms with Gasteiger partial charge < -0.3 is 26.7 Å². The molecule has 1 saturated heterocycles. The van der Waals surface area contributed by atoms with Crippen LogP contribution in [-0.4, -0.2) is 66.1 Å². The zero-order valence-corrected chi connectivity index (χ0v) is 23.3. The number of halogens is 5. The lowest BCUT2D eigenvalue weighted by molar-refractivity contribution is -0.141. The number of aromatic nitrogens is 2. The Balaban J connectivity index is 0.00000172. The maximum Gasteiger partial charge on any atom is 0.434 e. The topological polar surface area (TPSA) is 112 Å². The molecule has 0 aliphatic carbocycles. The highest BCUT2D eigenvalue weighted by Crippen LogP contribution is 2.37. The van der Waals surface area contributed by atoms with Gasteiger partial charge in [0.15, 0.2) is 11.7 Å². The third kappa shape index (κ3) is 6.37. The van der Waals surface area contributed by atoms with Crippen molar-refractivity contribution in [1.82, 2.24) is 20.2 Å². The Morgan fingerprint density at radius 3 is 2.64 bits per heavy atom. The molecule has 0 bridgehead atoms. The number of aliphatic imine (C=N–C) groups is 1. The zero-order valence-electron chi connectivity index (χ0n) is 21.8. The SMILES string of the molecule is CC.NC(N)=NCC1c2[nH]c3ccc(Cl)cc3c2CCN1CC1CNCCN1c1ccc(Cl)c(C(F)(F)F)n1. The van der Waals surface area contributed by atoms with Gasteiger partial charge in [-0.05, 0) is 42.3 Å². The minimum atomic E-state index is -4.64. The van der Waals surface area contributed by atoms with Crippen LogP contribution in [0.4, 0.5) is 19.0 Å². The highest BCUT2D eigenvalue weighted by atomic mass is 35.5. The second-order valence-electron chi connectivity index (χ2n) is 9.28. The van der Waals surface area contributed by atoms with E-state index in [-0.39, 0.29) is 23.9 Å². The van der Waals surface area contributed by atoms with Gasteiger partial charge in [-0.25, -0.2) is 4.98 Å². The molecule has 5 rings (SSSR count). The molecule has 39 heavy (non-hydrogen) atoms. The second kappa shape index (κ2) is 12.2. The third-order valence-electron chi connectivity index (χ3n) is 6.96. The Kier molecular flexibility index (Phi) is 9.15. The molecule has 1 fully saturated rings. The molecule has 2 aliphatic heterocycles. The lowest BCUT2D eigenvalue weighted by atomic mass is 9.96. The normalized spacial score (nSPS) is 19.8. The molecule has 2 aliphatic rings. The summed E-state index contributed by atoms with van der Waals surface area (Å²) in [4.78, 5) is 15.9. The number of guanidine groups is 1. The zero-order chi connectivity index (χ0) is 28.3. The summed E-state index contributed by atoms with van der Waals surface area (Å²) in [7, 11) is 0. The number of aromatic amines is 1. The van der Waals surface area contributed by atoms with Gasteiger partial charge >= 0.3 is 6.18 Å². The Bertz CT molecular complexity index is 1320. The van der Waals surface area contributed by atoms with Gasteiger partial charge in [-0.15, -0.1) is 0 Å². The molecule has 0 radical (unpaired) electrons. The summed E-state index contributed by atoms with van der Waals surface area (Å²) in [6.45, 7) is 7.37. The van der Waals surface area contributed by atoms with E-state index < -0.39 is 16.9 Å². The summed E-state index contributed by atoms with van der Waals surface area (Å²) in [6.07, 6.45) is -3.85. The van der Waals surface area contributed by atoms with Crippen molar-refractivity contribution in [2.45, 2.75) is 38.5 Å². The number of piperazine rings is 1. The van der Waals surface area contributed by atoms with Gasteiger partial charge in [-0.1, -0.05) is 37.0 Å². The van der Waals surface area contributed by atoms with Gasteiger partial charge in [0.05, 0.1) is 23.7 Å². The molecule has 13 heteroatoms. The fraction of sp³-hybridized carbons (Fsp3) is 0.462. The van der Waals surface area contributed by atoms with Crippen LogP contribution >= 0.6 is 23.2 Å². The maximum absolute atomic E-state index is 13.5. The average molecular weight is 586 g/mol. The van der Waals surface area contributed by atoms with Gasteiger partial charge in [-0.3, -0.25) is 9.89 Å². The van der Waals surface area contributed by atoms with Crippen LogP contribution in [0.25, 0.3) is 10.9 Å². The van der Waals surface area contributed by atoms with E-state index in [1.807, 2.05) is 36.9 Å². The molecule has 4 heterocycles. The number of H-pyrrole nitrogens is 1. The van der Waals surface area contributed by atoms with Crippen LogP contribution in [0.1, 0.15) is 36.8 Å². The molecule has 2 aromatic heterocycles. The molecular formula is C26H33Cl2F3N8. The van der Waals surface area contributed by atoms with E-state index in [0.29, 0.717) is 37.7 Å². The molecule has 1 aromatic carbocycles. The molecular weight excluding hydrogens is 552 g/mol. The van der Waals surface area contributed by atoms with Crippen molar-refractivity contribution in [2.24, 2.45) is 16.5 Å². The molecule has 0 saturated carbocycles. The van der Waals surface area contributed by atoms with Crippen molar-refractivity contribution in [3.05, 3.63) is 57.3 Å². The van der Waals surface area contributed by atoms with E-state index in [0.717, 1.165) is 29.6 Å². The van der Waals surface area contributed by atoms with E-state index in [9.17, 15) is 13.2 Å². The largest absolute Gasteiger partial charge is 0.434 e. The number of nitrogens with one attached hydrogen (secondary N) is 2. The molecule has 6 N–H and O–H groups in total. The van der Waals surface area contributed by atoms with E-state index in [4.69, 9.17) is 34.7 Å². The van der Waals surface area contributed by atoms with Gasteiger partial charge in [-0.2, -0.15) is 13.2 Å². The standard InChI is InChI=1S/C24H27Cl2F3N8.C2H6/c25-13-1-3-18-16(9-13)15-5-7-36(19(21(15)34-18)11-33-23(30)31)12-14-10-32-6-8-37(14)20-4-2-17(26)22(35-20)24(27,28)29;1-2/h1-4,9,14,19,32,34H,5-8,10-12H2,(H4,30,31,33);1-2H3. The average Bonchev–Trinajstić information content (AvgIpc) is 3.27. The lowest BCUT2D eigenvalue weighted by Crippen LogP contribution is -2.57. The van der Waals surface area contributed by atoms with Crippen molar-refractivity contribution in [3.63, 3.8) is 0 Å². The Morgan fingerprint density at radius 1 is 1.15 bits per heavy atom. The number of pyridine rings is 1. The maximum atomic E-state index is 13.5. The van der Waals surface area contributed by atoms with Gasteiger partial charge in [0.2, 0.25) is 0 Å². The molecule has 2 atom stereocenters. The Morgan fingerprint density at radius 2 is 1.92 bits per heavy atom. The summed E-state index contributed by atoms with van der Waals surface area (Å²) in [5.41, 5.74) is 13.4. The van der Waals surface area contributed by atoms with Crippen LogP contribution < -0.4 is 21.7 Å². The summed E-state index contributed by atoms with van der Waals surface area (Å²) in [6, 6.07) is 8.27. The van der Waals surface area contributed by atoms with Gasteiger partial charge in [0.25, 0.3) is 0 Å². The van der Waals surface area contributed by atoms with E-state index in [1.54, 1.807) is 6.07 Å². The monoisotopic (exact) mass is 584 g/mol. The number of nitrogens with two attached hydrogens (primary N) is 2. The predicted molar refractivity (Wildman–Crippen MR) is 152 cm³/mol. The number of benzene rings is 1.